The molecule has 2 aromatic rings. The number of likely N-dealkylation sites (tertiary alicyclic amines) is 1. The van der Waals surface area contributed by atoms with Crippen molar-refractivity contribution < 1.29 is 14.3 Å². The highest BCUT2D eigenvalue weighted by atomic mass is 16.5. The average Bonchev–Trinajstić information content (AvgIpc) is 2.72. The molecule has 1 saturated heterocycles. The predicted octanol–water partition coefficient (Wildman–Crippen LogP) is 4.25. The van der Waals surface area contributed by atoms with Crippen molar-refractivity contribution in [2.24, 2.45) is 5.92 Å². The first kappa shape index (κ1) is 18.5. The summed E-state index contributed by atoms with van der Waals surface area (Å²) in [7, 11) is 1.66. The van der Waals surface area contributed by atoms with E-state index in [1.54, 1.807) is 7.11 Å². The normalized spacial score (nSPS) is 17.2. The van der Waals surface area contributed by atoms with Gasteiger partial charge in [0.05, 0.1) is 13.7 Å². The third kappa shape index (κ3) is 4.25. The van der Waals surface area contributed by atoms with Crippen LogP contribution in [0.15, 0.2) is 48.5 Å². The van der Waals surface area contributed by atoms with Gasteiger partial charge in [0.2, 0.25) is 0 Å². The van der Waals surface area contributed by atoms with E-state index in [2.05, 4.69) is 0 Å². The van der Waals surface area contributed by atoms with Crippen LogP contribution >= 0.6 is 0 Å². The molecule has 1 amide bonds. The molecule has 0 spiro atoms. The van der Waals surface area contributed by atoms with Crippen molar-refractivity contribution in [1.82, 2.24) is 4.90 Å². The number of hydrogen-bond donors (Lipinski definition) is 0. The number of rotatable bonds is 6. The van der Waals surface area contributed by atoms with E-state index in [0.717, 1.165) is 56.0 Å². The van der Waals surface area contributed by atoms with E-state index in [0.29, 0.717) is 11.5 Å². The zero-order chi connectivity index (χ0) is 18.4. The maximum absolute atomic E-state index is 13.0. The Kier molecular flexibility index (Phi) is 6.29. The van der Waals surface area contributed by atoms with E-state index in [4.69, 9.17) is 9.47 Å². The Hall–Kier alpha value is -2.33. The standard InChI is InChI=1S/C22H27NO3/c1-3-26-16-17-8-7-13-23(15-17)22(24)19-11-12-21(25-2)20(14-19)18-9-5-4-6-10-18/h4-6,9-12,14,17H,3,7-8,13,15-16H2,1-2H3. The molecule has 0 radical (unpaired) electrons. The third-order valence-corrected chi connectivity index (χ3v) is 4.90. The minimum Gasteiger partial charge on any atom is -0.496 e. The van der Waals surface area contributed by atoms with Crippen molar-refractivity contribution in [2.45, 2.75) is 19.8 Å². The molecule has 4 nitrogen and oxygen atoms in total. The lowest BCUT2D eigenvalue weighted by Gasteiger charge is -2.32. The number of ether oxygens (including phenoxy) is 2. The first-order valence-corrected chi connectivity index (χ1v) is 9.33. The number of piperidine rings is 1. The first-order valence-electron chi connectivity index (χ1n) is 9.33. The molecular weight excluding hydrogens is 326 g/mol. The highest BCUT2D eigenvalue weighted by molar-refractivity contribution is 5.96. The fourth-order valence-electron chi connectivity index (χ4n) is 3.54. The summed E-state index contributed by atoms with van der Waals surface area (Å²) in [6.07, 6.45) is 2.16. The lowest BCUT2D eigenvalue weighted by molar-refractivity contribution is 0.0501. The molecule has 2 aromatic carbocycles. The van der Waals surface area contributed by atoms with Crippen molar-refractivity contribution in [1.29, 1.82) is 0 Å². The predicted molar refractivity (Wildman–Crippen MR) is 104 cm³/mol. The summed E-state index contributed by atoms with van der Waals surface area (Å²) in [6.45, 7) is 5.05. The van der Waals surface area contributed by atoms with Crippen LogP contribution in [0.4, 0.5) is 0 Å². The summed E-state index contributed by atoms with van der Waals surface area (Å²) in [5.74, 6) is 1.30. The van der Waals surface area contributed by atoms with Gasteiger partial charge in [0.15, 0.2) is 0 Å². The number of nitrogens with zero attached hydrogens (tertiary/aromatic N) is 1. The van der Waals surface area contributed by atoms with Crippen LogP contribution in [0, 0.1) is 5.92 Å². The summed E-state index contributed by atoms with van der Waals surface area (Å²) in [5.41, 5.74) is 2.70. The van der Waals surface area contributed by atoms with Gasteiger partial charge in [-0.15, -0.1) is 0 Å². The van der Waals surface area contributed by atoms with Crippen LogP contribution in [0.25, 0.3) is 11.1 Å². The molecule has 26 heavy (non-hydrogen) atoms. The maximum atomic E-state index is 13.0. The molecule has 1 heterocycles. The number of carbonyl (C=O) groups excluding carboxylic acids is 1. The summed E-state index contributed by atoms with van der Waals surface area (Å²) in [4.78, 5) is 15.0. The molecule has 1 atom stereocenters. The van der Waals surface area contributed by atoms with E-state index >= 15 is 0 Å². The van der Waals surface area contributed by atoms with Crippen molar-refractivity contribution in [3.63, 3.8) is 0 Å². The highest BCUT2D eigenvalue weighted by Crippen LogP contribution is 2.31. The molecule has 138 valence electrons. The fraction of sp³-hybridized carbons (Fsp3) is 0.409. The lowest BCUT2D eigenvalue weighted by Crippen LogP contribution is -2.41. The molecule has 0 aromatic heterocycles. The van der Waals surface area contributed by atoms with Gasteiger partial charge in [0.1, 0.15) is 5.75 Å². The second-order valence-electron chi connectivity index (χ2n) is 6.70. The smallest absolute Gasteiger partial charge is 0.253 e. The van der Waals surface area contributed by atoms with Crippen LogP contribution in [-0.4, -0.2) is 44.2 Å². The monoisotopic (exact) mass is 353 g/mol. The minimum absolute atomic E-state index is 0.0889. The molecular formula is C22H27NO3. The van der Waals surface area contributed by atoms with Gasteiger partial charge in [0.25, 0.3) is 5.91 Å². The molecule has 1 fully saturated rings. The molecule has 0 bridgehead atoms. The minimum atomic E-state index is 0.0889. The van der Waals surface area contributed by atoms with Gasteiger partial charge in [-0.05, 0) is 49.4 Å². The molecule has 1 aliphatic heterocycles. The summed E-state index contributed by atoms with van der Waals surface area (Å²) in [5, 5.41) is 0. The Balaban J connectivity index is 1.81. The number of benzene rings is 2. The van der Waals surface area contributed by atoms with Crippen molar-refractivity contribution in [3.8, 4) is 16.9 Å². The number of methoxy groups -OCH3 is 1. The van der Waals surface area contributed by atoms with Gasteiger partial charge < -0.3 is 14.4 Å². The van der Waals surface area contributed by atoms with Crippen molar-refractivity contribution in [3.05, 3.63) is 54.1 Å². The van der Waals surface area contributed by atoms with Gasteiger partial charge in [-0.2, -0.15) is 0 Å². The summed E-state index contributed by atoms with van der Waals surface area (Å²) < 4.78 is 11.1. The second-order valence-corrected chi connectivity index (χ2v) is 6.70. The molecule has 0 N–H and O–H groups in total. The Morgan fingerprint density at radius 3 is 2.73 bits per heavy atom. The Morgan fingerprint density at radius 1 is 1.19 bits per heavy atom. The molecule has 4 heteroatoms. The molecule has 0 saturated carbocycles. The zero-order valence-electron chi connectivity index (χ0n) is 15.6. The van der Waals surface area contributed by atoms with Gasteiger partial charge in [0, 0.05) is 30.8 Å². The highest BCUT2D eigenvalue weighted by Gasteiger charge is 2.25. The number of amides is 1. The van der Waals surface area contributed by atoms with Crippen LogP contribution in [-0.2, 0) is 4.74 Å². The zero-order valence-corrected chi connectivity index (χ0v) is 15.6. The van der Waals surface area contributed by atoms with Gasteiger partial charge >= 0.3 is 0 Å². The van der Waals surface area contributed by atoms with Crippen LogP contribution in [0.3, 0.4) is 0 Å². The quantitative estimate of drug-likeness (QED) is 0.779. The maximum Gasteiger partial charge on any atom is 0.253 e. The Bertz CT molecular complexity index is 729. The summed E-state index contributed by atoms with van der Waals surface area (Å²) >= 11 is 0. The lowest BCUT2D eigenvalue weighted by atomic mass is 9.97. The Morgan fingerprint density at radius 2 is 2.00 bits per heavy atom. The largest absolute Gasteiger partial charge is 0.496 e. The van der Waals surface area contributed by atoms with E-state index in [1.807, 2.05) is 60.4 Å². The van der Waals surface area contributed by atoms with E-state index < -0.39 is 0 Å². The topological polar surface area (TPSA) is 38.8 Å². The van der Waals surface area contributed by atoms with Gasteiger partial charge in [-0.3, -0.25) is 4.79 Å². The molecule has 3 rings (SSSR count). The third-order valence-electron chi connectivity index (χ3n) is 4.90. The molecule has 1 unspecified atom stereocenters. The van der Waals surface area contributed by atoms with Crippen LogP contribution in [0.5, 0.6) is 5.75 Å². The van der Waals surface area contributed by atoms with E-state index in [9.17, 15) is 4.79 Å². The van der Waals surface area contributed by atoms with Crippen LogP contribution in [0.2, 0.25) is 0 Å². The number of hydrogen-bond acceptors (Lipinski definition) is 3. The average molecular weight is 353 g/mol. The van der Waals surface area contributed by atoms with Crippen LogP contribution < -0.4 is 4.74 Å². The molecule has 0 aliphatic carbocycles. The van der Waals surface area contributed by atoms with Crippen LogP contribution in [0.1, 0.15) is 30.1 Å². The van der Waals surface area contributed by atoms with E-state index in [-0.39, 0.29) is 5.91 Å². The fourth-order valence-corrected chi connectivity index (χ4v) is 3.54. The van der Waals surface area contributed by atoms with Gasteiger partial charge in [-0.1, -0.05) is 30.3 Å². The Labute approximate surface area is 155 Å². The SMILES string of the molecule is CCOCC1CCCN(C(=O)c2ccc(OC)c(-c3ccccc3)c2)C1. The second kappa shape index (κ2) is 8.86. The van der Waals surface area contributed by atoms with Gasteiger partial charge in [-0.25, -0.2) is 0 Å². The molecule has 1 aliphatic rings. The van der Waals surface area contributed by atoms with E-state index in [1.165, 1.54) is 0 Å². The summed E-state index contributed by atoms with van der Waals surface area (Å²) in [6, 6.07) is 15.7. The van der Waals surface area contributed by atoms with Crippen molar-refractivity contribution >= 4 is 5.91 Å². The number of carbonyl (C=O) groups is 1. The van der Waals surface area contributed by atoms with Crippen molar-refractivity contribution in [2.75, 3.05) is 33.4 Å². The first-order chi connectivity index (χ1) is 12.7.